The van der Waals surface area contributed by atoms with Gasteiger partial charge in [0.25, 0.3) is 0 Å². The highest BCUT2D eigenvalue weighted by Crippen LogP contribution is 2.40. The minimum absolute atomic E-state index is 0.0454. The molecule has 1 aromatic carbocycles. The molecule has 2 unspecified atom stereocenters. The summed E-state index contributed by atoms with van der Waals surface area (Å²) in [6.07, 6.45) is 1.62. The number of benzene rings is 1. The first-order valence-electron chi connectivity index (χ1n) is 7.78. The fourth-order valence-electron chi connectivity index (χ4n) is 3.39. The first-order valence-corrected chi connectivity index (χ1v) is 8.98. The second-order valence-corrected chi connectivity index (χ2v) is 7.89. The van der Waals surface area contributed by atoms with Gasteiger partial charge in [-0.1, -0.05) is 35.4 Å². The molecule has 1 aliphatic heterocycles. The molecule has 0 spiro atoms. The van der Waals surface area contributed by atoms with Crippen LogP contribution in [0, 0.1) is 13.8 Å². The van der Waals surface area contributed by atoms with Crippen molar-refractivity contribution in [1.29, 1.82) is 0 Å². The molecule has 1 N–H and O–H groups in total. The summed E-state index contributed by atoms with van der Waals surface area (Å²) in [6, 6.07) is 9.82. The second kappa shape index (κ2) is 6.63. The van der Waals surface area contributed by atoms with Crippen LogP contribution in [0.1, 0.15) is 40.5 Å². The molecule has 1 saturated heterocycles. The predicted octanol–water partition coefficient (Wildman–Crippen LogP) is 4.66. The van der Waals surface area contributed by atoms with Gasteiger partial charge in [0.1, 0.15) is 6.04 Å². The van der Waals surface area contributed by atoms with E-state index in [1.165, 1.54) is 28.0 Å². The zero-order chi connectivity index (χ0) is 16.6. The van der Waals surface area contributed by atoms with Gasteiger partial charge in [-0.05, 0) is 49.9 Å². The molecule has 5 heteroatoms. The monoisotopic (exact) mass is 349 g/mol. The van der Waals surface area contributed by atoms with Crippen molar-refractivity contribution in [2.75, 3.05) is 6.54 Å². The lowest BCUT2D eigenvalue weighted by Gasteiger charge is -2.32. The fraction of sp³-hybridized carbons (Fsp3) is 0.389. The topological polar surface area (TPSA) is 40.5 Å². The van der Waals surface area contributed by atoms with Crippen molar-refractivity contribution in [3.05, 3.63) is 56.2 Å². The molecule has 3 nitrogen and oxygen atoms in total. The van der Waals surface area contributed by atoms with E-state index in [2.05, 4.69) is 36.9 Å². The standard InChI is InChI=1S/C18H20ClNO2S/c1-11-5-6-12(2)13(10-11)17(15-7-8-16(19)23-15)20-9-3-4-14(20)18(21)22/h5-8,10,14,17H,3-4,9H2,1-2H3,(H,21,22). The van der Waals surface area contributed by atoms with E-state index in [1.807, 2.05) is 12.1 Å². The van der Waals surface area contributed by atoms with E-state index in [0.29, 0.717) is 6.42 Å². The van der Waals surface area contributed by atoms with E-state index >= 15 is 0 Å². The summed E-state index contributed by atoms with van der Waals surface area (Å²) < 4.78 is 0.737. The van der Waals surface area contributed by atoms with E-state index in [-0.39, 0.29) is 6.04 Å². The highest BCUT2D eigenvalue weighted by Gasteiger charge is 2.37. The number of carboxylic acid groups (broad SMARTS) is 1. The third kappa shape index (κ3) is 3.30. The molecule has 0 aliphatic carbocycles. The van der Waals surface area contributed by atoms with Crippen molar-refractivity contribution in [1.82, 2.24) is 4.90 Å². The van der Waals surface area contributed by atoms with E-state index in [0.717, 1.165) is 22.2 Å². The molecule has 2 aromatic rings. The quantitative estimate of drug-likeness (QED) is 0.872. The lowest BCUT2D eigenvalue weighted by Crippen LogP contribution is -2.39. The van der Waals surface area contributed by atoms with E-state index in [9.17, 15) is 9.90 Å². The van der Waals surface area contributed by atoms with Crippen LogP contribution in [-0.2, 0) is 4.79 Å². The minimum atomic E-state index is -0.736. The van der Waals surface area contributed by atoms with Gasteiger partial charge in [0.15, 0.2) is 0 Å². The molecule has 3 rings (SSSR count). The lowest BCUT2D eigenvalue weighted by molar-refractivity contribution is -0.142. The molecule has 122 valence electrons. The van der Waals surface area contributed by atoms with Gasteiger partial charge in [0.05, 0.1) is 10.4 Å². The highest BCUT2D eigenvalue weighted by molar-refractivity contribution is 7.16. The van der Waals surface area contributed by atoms with Gasteiger partial charge in [-0.25, -0.2) is 0 Å². The number of nitrogens with zero attached hydrogens (tertiary/aromatic N) is 1. The summed E-state index contributed by atoms with van der Waals surface area (Å²) >= 11 is 7.69. The first kappa shape index (κ1) is 16.5. The average Bonchev–Trinajstić information content (AvgIpc) is 3.13. The normalized spacial score (nSPS) is 19.9. The zero-order valence-corrected chi connectivity index (χ0v) is 14.8. The summed E-state index contributed by atoms with van der Waals surface area (Å²) in [7, 11) is 0. The van der Waals surface area contributed by atoms with Crippen LogP contribution >= 0.6 is 22.9 Å². The van der Waals surface area contributed by atoms with Crippen LogP contribution in [0.25, 0.3) is 0 Å². The van der Waals surface area contributed by atoms with Crippen LogP contribution in [0.4, 0.5) is 0 Å². The molecule has 2 atom stereocenters. The van der Waals surface area contributed by atoms with Gasteiger partial charge in [-0.3, -0.25) is 9.69 Å². The molecular formula is C18H20ClNO2S. The van der Waals surface area contributed by atoms with Crippen LogP contribution < -0.4 is 0 Å². The van der Waals surface area contributed by atoms with E-state index in [4.69, 9.17) is 11.6 Å². The van der Waals surface area contributed by atoms with E-state index < -0.39 is 12.0 Å². The highest BCUT2D eigenvalue weighted by atomic mass is 35.5. The van der Waals surface area contributed by atoms with Gasteiger partial charge in [0, 0.05) is 11.4 Å². The molecule has 0 bridgehead atoms. The van der Waals surface area contributed by atoms with Crippen molar-refractivity contribution in [3.63, 3.8) is 0 Å². The van der Waals surface area contributed by atoms with Crippen molar-refractivity contribution in [3.8, 4) is 0 Å². The molecule has 23 heavy (non-hydrogen) atoms. The number of carbonyl (C=O) groups is 1. The Balaban J connectivity index is 2.11. The molecule has 0 saturated carbocycles. The lowest BCUT2D eigenvalue weighted by atomic mass is 9.96. The SMILES string of the molecule is Cc1ccc(C)c(C(c2ccc(Cl)s2)N2CCCC2C(=O)O)c1. The Labute approximate surface area is 145 Å². The van der Waals surface area contributed by atoms with Crippen molar-refractivity contribution >= 4 is 28.9 Å². The Morgan fingerprint density at radius 1 is 1.35 bits per heavy atom. The molecule has 1 aliphatic rings. The van der Waals surface area contributed by atoms with Crippen molar-refractivity contribution in [2.45, 2.75) is 38.8 Å². The van der Waals surface area contributed by atoms with Gasteiger partial charge >= 0.3 is 5.97 Å². The van der Waals surface area contributed by atoms with Crippen LogP contribution in [0.2, 0.25) is 4.34 Å². The summed E-state index contributed by atoms with van der Waals surface area (Å²) in [4.78, 5) is 14.9. The number of halogens is 1. The largest absolute Gasteiger partial charge is 0.480 e. The second-order valence-electron chi connectivity index (χ2n) is 6.14. The summed E-state index contributed by atoms with van der Waals surface area (Å²) in [5, 5.41) is 9.59. The smallest absolute Gasteiger partial charge is 0.320 e. The Morgan fingerprint density at radius 2 is 2.13 bits per heavy atom. The maximum Gasteiger partial charge on any atom is 0.320 e. The Morgan fingerprint density at radius 3 is 2.78 bits per heavy atom. The molecule has 1 aromatic heterocycles. The van der Waals surface area contributed by atoms with Crippen LogP contribution in [0.5, 0.6) is 0 Å². The number of aryl methyl sites for hydroxylation is 2. The van der Waals surface area contributed by atoms with Gasteiger partial charge in [-0.2, -0.15) is 0 Å². The number of thiophene rings is 1. The third-order valence-electron chi connectivity index (χ3n) is 4.50. The predicted molar refractivity (Wildman–Crippen MR) is 94.5 cm³/mol. The molecular weight excluding hydrogens is 330 g/mol. The molecule has 0 amide bonds. The van der Waals surface area contributed by atoms with Crippen molar-refractivity contribution < 1.29 is 9.90 Å². The maximum absolute atomic E-state index is 11.7. The van der Waals surface area contributed by atoms with Crippen LogP contribution in [-0.4, -0.2) is 28.6 Å². The molecule has 1 fully saturated rings. The third-order valence-corrected chi connectivity index (χ3v) is 5.79. The number of carboxylic acids is 1. The first-order chi connectivity index (χ1) is 11.0. The zero-order valence-electron chi connectivity index (χ0n) is 13.3. The number of aliphatic carboxylic acids is 1. The van der Waals surface area contributed by atoms with Crippen LogP contribution in [0.15, 0.2) is 30.3 Å². The number of hydrogen-bond acceptors (Lipinski definition) is 3. The summed E-state index contributed by atoms with van der Waals surface area (Å²) in [6.45, 7) is 4.95. The average molecular weight is 350 g/mol. The van der Waals surface area contributed by atoms with Crippen molar-refractivity contribution in [2.24, 2.45) is 0 Å². The summed E-state index contributed by atoms with van der Waals surface area (Å²) in [5.74, 6) is -0.736. The summed E-state index contributed by atoms with van der Waals surface area (Å²) in [5.41, 5.74) is 3.54. The number of hydrogen-bond donors (Lipinski definition) is 1. The Hall–Kier alpha value is -1.36. The van der Waals surface area contributed by atoms with Gasteiger partial charge in [-0.15, -0.1) is 11.3 Å². The maximum atomic E-state index is 11.7. The minimum Gasteiger partial charge on any atom is -0.480 e. The Bertz CT molecular complexity index is 728. The number of likely N-dealkylation sites (tertiary alicyclic amines) is 1. The van der Waals surface area contributed by atoms with Gasteiger partial charge in [0.2, 0.25) is 0 Å². The van der Waals surface area contributed by atoms with E-state index in [1.54, 1.807) is 0 Å². The molecule has 0 radical (unpaired) electrons. The Kier molecular flexibility index (Phi) is 4.76. The van der Waals surface area contributed by atoms with Crippen LogP contribution in [0.3, 0.4) is 0 Å². The van der Waals surface area contributed by atoms with Gasteiger partial charge < -0.3 is 5.11 Å². The fourth-order valence-corrected chi connectivity index (χ4v) is 4.59. The molecule has 2 heterocycles. The number of rotatable bonds is 4.